The molecule has 2 rings (SSSR count). The number of fused-ring (bicyclic) bond motifs is 1. The van der Waals surface area contributed by atoms with E-state index >= 15 is 0 Å². The van der Waals surface area contributed by atoms with E-state index in [-0.39, 0.29) is 24.1 Å². The molecule has 0 radical (unpaired) electrons. The first-order valence-corrected chi connectivity index (χ1v) is 7.65. The predicted molar refractivity (Wildman–Crippen MR) is 79.5 cm³/mol. The van der Waals surface area contributed by atoms with E-state index in [1.54, 1.807) is 6.92 Å². The number of Topliss-reactive ketones (excluding diaryl/α,β-unsaturated/α-hetero) is 1. The van der Waals surface area contributed by atoms with Gasteiger partial charge in [-0.25, -0.2) is 4.79 Å². The van der Waals surface area contributed by atoms with Gasteiger partial charge < -0.3 is 9.47 Å². The van der Waals surface area contributed by atoms with Crippen LogP contribution in [0.25, 0.3) is 0 Å². The average molecular weight is 292 g/mol. The second-order valence-electron chi connectivity index (χ2n) is 6.03. The Morgan fingerprint density at radius 1 is 1.38 bits per heavy atom. The van der Waals surface area contributed by atoms with Gasteiger partial charge in [0.05, 0.1) is 0 Å². The number of allylic oxidation sites excluding steroid dienone is 1. The quantitative estimate of drug-likeness (QED) is 0.579. The molecule has 4 nitrogen and oxygen atoms in total. The average Bonchev–Trinajstić information content (AvgIpc) is 2.63. The molecule has 0 aromatic heterocycles. The highest BCUT2D eigenvalue weighted by Gasteiger charge is 2.48. The lowest BCUT2D eigenvalue weighted by Gasteiger charge is -2.32. The van der Waals surface area contributed by atoms with Gasteiger partial charge in [-0.15, -0.1) is 0 Å². The number of hydrogen-bond acceptors (Lipinski definition) is 4. The Hall–Kier alpha value is -1.42. The number of carbonyl (C=O) groups is 2. The Labute approximate surface area is 126 Å². The second kappa shape index (κ2) is 6.14. The molecule has 0 aromatic rings. The van der Waals surface area contributed by atoms with Gasteiger partial charge in [-0.05, 0) is 33.6 Å². The fourth-order valence-electron chi connectivity index (χ4n) is 3.04. The van der Waals surface area contributed by atoms with Gasteiger partial charge in [-0.2, -0.15) is 0 Å². The predicted octanol–water partition coefficient (Wildman–Crippen LogP) is 3.32. The molecule has 1 aliphatic heterocycles. The lowest BCUT2D eigenvalue weighted by atomic mass is 9.86. The molecule has 1 aliphatic carbocycles. The molecule has 0 bridgehead atoms. The van der Waals surface area contributed by atoms with Crippen LogP contribution in [0.2, 0.25) is 0 Å². The second-order valence-corrected chi connectivity index (χ2v) is 6.03. The van der Waals surface area contributed by atoms with Crippen molar-refractivity contribution in [2.24, 2.45) is 5.92 Å². The van der Waals surface area contributed by atoms with Gasteiger partial charge in [-0.3, -0.25) is 4.79 Å². The summed E-state index contributed by atoms with van der Waals surface area (Å²) in [5.41, 5.74) is 2.36. The highest BCUT2D eigenvalue weighted by Crippen LogP contribution is 2.41. The minimum Gasteiger partial charge on any atom is -0.425 e. The molecule has 0 saturated heterocycles. The van der Waals surface area contributed by atoms with Gasteiger partial charge in [0.25, 0.3) is 0 Å². The third-order valence-corrected chi connectivity index (χ3v) is 4.36. The summed E-state index contributed by atoms with van der Waals surface area (Å²) >= 11 is 0. The summed E-state index contributed by atoms with van der Waals surface area (Å²) in [6, 6.07) is 0. The van der Waals surface area contributed by atoms with Gasteiger partial charge in [0.1, 0.15) is 5.78 Å². The SMILES string of the molecule is CCO[C@]12C/C(C)=C/CC[C@@H](C)C(=O)CC1=C(C)C(=O)O2. The maximum atomic E-state index is 12.4. The molecule has 1 heterocycles. The lowest BCUT2D eigenvalue weighted by Crippen LogP contribution is -2.37. The largest absolute Gasteiger partial charge is 0.425 e. The zero-order valence-corrected chi connectivity index (χ0v) is 13.3. The van der Waals surface area contributed by atoms with Crippen molar-refractivity contribution >= 4 is 11.8 Å². The number of ether oxygens (including phenoxy) is 2. The van der Waals surface area contributed by atoms with Crippen LogP contribution in [0.3, 0.4) is 0 Å². The number of hydrogen-bond donors (Lipinski definition) is 0. The van der Waals surface area contributed by atoms with Gasteiger partial charge in [-0.1, -0.05) is 18.6 Å². The summed E-state index contributed by atoms with van der Waals surface area (Å²) < 4.78 is 11.4. The van der Waals surface area contributed by atoms with Crippen molar-refractivity contribution in [3.63, 3.8) is 0 Å². The zero-order valence-electron chi connectivity index (χ0n) is 13.3. The first-order valence-electron chi connectivity index (χ1n) is 7.65. The minimum atomic E-state index is -1.08. The molecular formula is C17H24O4. The normalized spacial score (nSPS) is 33.3. The third kappa shape index (κ3) is 3.10. The summed E-state index contributed by atoms with van der Waals surface area (Å²) in [7, 11) is 0. The molecular weight excluding hydrogens is 268 g/mol. The van der Waals surface area contributed by atoms with E-state index in [1.165, 1.54) is 0 Å². The summed E-state index contributed by atoms with van der Waals surface area (Å²) in [6.07, 6.45) is 4.58. The zero-order chi connectivity index (χ0) is 15.6. The summed E-state index contributed by atoms with van der Waals surface area (Å²) in [4.78, 5) is 24.4. The van der Waals surface area contributed by atoms with Crippen LogP contribution in [0.4, 0.5) is 0 Å². The maximum Gasteiger partial charge on any atom is 0.336 e. The van der Waals surface area contributed by atoms with Gasteiger partial charge in [0.15, 0.2) is 0 Å². The third-order valence-electron chi connectivity index (χ3n) is 4.36. The van der Waals surface area contributed by atoms with Crippen molar-refractivity contribution in [2.75, 3.05) is 6.61 Å². The standard InChI is InChI=1S/C17H24O4/c1-5-20-17-10-11(2)7-6-8-12(3)15(18)9-14(17)13(4)16(19)21-17/h7,12H,5-6,8-10H2,1-4H3/b11-7+/t12-,17+/m1/s1. The summed E-state index contributed by atoms with van der Waals surface area (Å²) in [5.74, 6) is -1.31. The monoisotopic (exact) mass is 292 g/mol. The number of carbonyl (C=O) groups excluding carboxylic acids is 2. The van der Waals surface area contributed by atoms with E-state index in [4.69, 9.17) is 9.47 Å². The number of rotatable bonds is 2. The number of esters is 1. The van der Waals surface area contributed by atoms with Gasteiger partial charge in [0, 0.05) is 36.5 Å². The van der Waals surface area contributed by atoms with Crippen molar-refractivity contribution in [3.8, 4) is 0 Å². The molecule has 0 saturated carbocycles. The molecule has 2 atom stereocenters. The van der Waals surface area contributed by atoms with Crippen LogP contribution in [0, 0.1) is 5.92 Å². The maximum absolute atomic E-state index is 12.4. The molecule has 0 N–H and O–H groups in total. The van der Waals surface area contributed by atoms with Crippen molar-refractivity contribution in [1.82, 2.24) is 0 Å². The minimum absolute atomic E-state index is 0.0116. The molecule has 0 fully saturated rings. The van der Waals surface area contributed by atoms with E-state index in [0.717, 1.165) is 18.4 Å². The smallest absolute Gasteiger partial charge is 0.336 e. The van der Waals surface area contributed by atoms with Crippen LogP contribution < -0.4 is 0 Å². The summed E-state index contributed by atoms with van der Waals surface area (Å²) in [5, 5.41) is 0. The van der Waals surface area contributed by atoms with Gasteiger partial charge in [0.2, 0.25) is 5.79 Å². The van der Waals surface area contributed by atoms with Crippen LogP contribution in [-0.2, 0) is 19.1 Å². The first kappa shape index (κ1) is 16.0. The fraction of sp³-hybridized carbons (Fsp3) is 0.647. The summed E-state index contributed by atoms with van der Waals surface area (Å²) in [6.45, 7) is 8.00. The van der Waals surface area contributed by atoms with E-state index in [1.807, 2.05) is 20.8 Å². The fourth-order valence-corrected chi connectivity index (χ4v) is 3.04. The Balaban J connectivity index is 2.48. The molecule has 116 valence electrons. The molecule has 2 aliphatic rings. The molecule has 0 spiro atoms. The van der Waals surface area contributed by atoms with E-state index in [9.17, 15) is 9.59 Å². The molecule has 4 heteroatoms. The van der Waals surface area contributed by atoms with E-state index in [0.29, 0.717) is 24.2 Å². The lowest BCUT2D eigenvalue weighted by molar-refractivity contribution is -0.201. The van der Waals surface area contributed by atoms with Crippen molar-refractivity contribution in [2.45, 2.75) is 59.2 Å². The van der Waals surface area contributed by atoms with Crippen molar-refractivity contribution in [3.05, 3.63) is 22.8 Å². The van der Waals surface area contributed by atoms with Crippen LogP contribution in [-0.4, -0.2) is 24.1 Å². The Morgan fingerprint density at radius 2 is 2.10 bits per heavy atom. The van der Waals surface area contributed by atoms with Crippen molar-refractivity contribution in [1.29, 1.82) is 0 Å². The highest BCUT2D eigenvalue weighted by molar-refractivity contribution is 5.95. The number of ketones is 1. The molecule has 0 unspecified atom stereocenters. The van der Waals surface area contributed by atoms with E-state index < -0.39 is 5.79 Å². The molecule has 0 aromatic carbocycles. The van der Waals surface area contributed by atoms with Gasteiger partial charge >= 0.3 is 5.97 Å². The molecule has 0 amide bonds. The topological polar surface area (TPSA) is 52.6 Å². The Morgan fingerprint density at radius 3 is 2.76 bits per heavy atom. The Kier molecular flexibility index (Phi) is 4.67. The van der Waals surface area contributed by atoms with Crippen LogP contribution in [0.15, 0.2) is 22.8 Å². The first-order chi connectivity index (χ1) is 9.89. The Bertz CT molecular complexity index is 515. The molecule has 21 heavy (non-hydrogen) atoms. The van der Waals surface area contributed by atoms with Crippen LogP contribution >= 0.6 is 0 Å². The van der Waals surface area contributed by atoms with Crippen LogP contribution in [0.5, 0.6) is 0 Å². The van der Waals surface area contributed by atoms with Crippen LogP contribution in [0.1, 0.15) is 53.4 Å². The van der Waals surface area contributed by atoms with E-state index in [2.05, 4.69) is 6.08 Å². The van der Waals surface area contributed by atoms with Crippen molar-refractivity contribution < 1.29 is 19.1 Å². The highest BCUT2D eigenvalue weighted by atomic mass is 16.7.